The van der Waals surface area contributed by atoms with Gasteiger partial charge in [-0.05, 0) is 31.5 Å². The SMILES string of the molecule is Cc1ccc([C@@H]2C(=C(O)c3ccc(Br)cc3)C(=O)C(=O)N2c2cc(C)on2)cc1. The second kappa shape index (κ2) is 7.33. The fraction of sp³-hybridized carbons (Fsp3) is 0.136. The van der Waals surface area contributed by atoms with Gasteiger partial charge in [-0.25, -0.2) is 0 Å². The van der Waals surface area contributed by atoms with Crippen LogP contribution in [0, 0.1) is 13.8 Å². The Kier molecular flexibility index (Phi) is 4.84. The normalized spacial score (nSPS) is 18.4. The number of benzene rings is 2. The summed E-state index contributed by atoms with van der Waals surface area (Å²) < 4.78 is 5.95. The largest absolute Gasteiger partial charge is 0.507 e. The van der Waals surface area contributed by atoms with Gasteiger partial charge in [0.25, 0.3) is 5.78 Å². The first kappa shape index (κ1) is 19.1. The van der Waals surface area contributed by atoms with Gasteiger partial charge in [-0.1, -0.05) is 63.0 Å². The average Bonchev–Trinajstić information content (AvgIpc) is 3.24. The molecule has 0 bridgehead atoms. The molecule has 0 spiro atoms. The Morgan fingerprint density at radius 3 is 2.31 bits per heavy atom. The number of aliphatic hydroxyl groups excluding tert-OH is 1. The van der Waals surface area contributed by atoms with Crippen molar-refractivity contribution in [2.75, 3.05) is 4.90 Å². The molecule has 3 aromatic rings. The predicted molar refractivity (Wildman–Crippen MR) is 111 cm³/mol. The minimum Gasteiger partial charge on any atom is -0.507 e. The van der Waals surface area contributed by atoms with Gasteiger partial charge >= 0.3 is 5.91 Å². The van der Waals surface area contributed by atoms with E-state index in [-0.39, 0.29) is 17.2 Å². The van der Waals surface area contributed by atoms with E-state index >= 15 is 0 Å². The number of aliphatic hydroxyl groups is 1. The molecule has 0 unspecified atom stereocenters. The van der Waals surface area contributed by atoms with Crippen molar-refractivity contribution in [3.05, 3.63) is 87.1 Å². The van der Waals surface area contributed by atoms with Gasteiger partial charge in [0.05, 0.1) is 11.6 Å². The zero-order chi connectivity index (χ0) is 20.7. The third kappa shape index (κ3) is 3.38. The van der Waals surface area contributed by atoms with Gasteiger partial charge in [0.1, 0.15) is 11.5 Å². The minimum absolute atomic E-state index is 0.0156. The summed E-state index contributed by atoms with van der Waals surface area (Å²) in [5.74, 6) is -1.02. The summed E-state index contributed by atoms with van der Waals surface area (Å²) in [6.45, 7) is 3.65. The predicted octanol–water partition coefficient (Wildman–Crippen LogP) is 4.68. The zero-order valence-corrected chi connectivity index (χ0v) is 17.3. The molecule has 1 aromatic heterocycles. The van der Waals surface area contributed by atoms with Crippen molar-refractivity contribution in [3.63, 3.8) is 0 Å². The molecule has 0 saturated carbocycles. The van der Waals surface area contributed by atoms with Gasteiger partial charge in [-0.15, -0.1) is 0 Å². The number of carbonyl (C=O) groups is 2. The molecule has 29 heavy (non-hydrogen) atoms. The smallest absolute Gasteiger partial charge is 0.301 e. The Morgan fingerprint density at radius 1 is 1.07 bits per heavy atom. The summed E-state index contributed by atoms with van der Waals surface area (Å²) in [6, 6.07) is 15.1. The van der Waals surface area contributed by atoms with Gasteiger partial charge in [-0.2, -0.15) is 0 Å². The van der Waals surface area contributed by atoms with Crippen molar-refractivity contribution in [1.29, 1.82) is 0 Å². The lowest BCUT2D eigenvalue weighted by molar-refractivity contribution is -0.132. The third-order valence-electron chi connectivity index (χ3n) is 4.82. The first-order valence-corrected chi connectivity index (χ1v) is 9.73. The number of ketones is 1. The van der Waals surface area contributed by atoms with Crippen LogP contribution in [0.15, 0.2) is 69.2 Å². The van der Waals surface area contributed by atoms with Crippen molar-refractivity contribution in [3.8, 4) is 0 Å². The van der Waals surface area contributed by atoms with Crippen molar-refractivity contribution in [1.82, 2.24) is 5.16 Å². The maximum absolute atomic E-state index is 13.0. The van der Waals surface area contributed by atoms with Gasteiger partial charge in [0.2, 0.25) is 0 Å². The van der Waals surface area contributed by atoms with E-state index in [4.69, 9.17) is 4.52 Å². The number of Topliss-reactive ketones (excluding diaryl/α,β-unsaturated/α-hetero) is 1. The standard InChI is InChI=1S/C22H17BrN2O4/c1-12-3-5-14(6-4-12)19-18(20(26)15-7-9-16(23)10-8-15)21(27)22(28)25(19)17-11-13(2)29-24-17/h3-11,19,26H,1-2H3/t19-/m1/s1. The molecular weight excluding hydrogens is 436 g/mol. The number of halogens is 1. The molecule has 1 aliphatic rings. The van der Waals surface area contributed by atoms with E-state index in [1.165, 1.54) is 4.90 Å². The first-order valence-electron chi connectivity index (χ1n) is 8.93. The van der Waals surface area contributed by atoms with Crippen molar-refractivity contribution in [2.45, 2.75) is 19.9 Å². The molecule has 1 atom stereocenters. The Hall–Kier alpha value is -3.19. The van der Waals surface area contributed by atoms with E-state index in [2.05, 4.69) is 21.1 Å². The van der Waals surface area contributed by atoms with Crippen molar-refractivity contribution in [2.24, 2.45) is 0 Å². The molecule has 146 valence electrons. The van der Waals surface area contributed by atoms with Crippen LogP contribution in [0.25, 0.3) is 5.76 Å². The summed E-state index contributed by atoms with van der Waals surface area (Å²) in [6.07, 6.45) is 0. The van der Waals surface area contributed by atoms with Crippen LogP contribution in [0.3, 0.4) is 0 Å². The second-order valence-electron chi connectivity index (χ2n) is 6.88. The molecule has 4 rings (SSSR count). The Balaban J connectivity index is 1.93. The molecule has 1 aliphatic heterocycles. The topological polar surface area (TPSA) is 83.6 Å². The third-order valence-corrected chi connectivity index (χ3v) is 5.35. The number of carbonyl (C=O) groups excluding carboxylic acids is 2. The molecule has 0 aliphatic carbocycles. The number of rotatable bonds is 3. The van der Waals surface area contributed by atoms with Gasteiger partial charge in [0, 0.05) is 16.1 Å². The van der Waals surface area contributed by atoms with Gasteiger partial charge in [-0.3, -0.25) is 14.5 Å². The summed E-state index contributed by atoms with van der Waals surface area (Å²) in [5, 5.41) is 14.9. The van der Waals surface area contributed by atoms with Crippen LogP contribution in [0.5, 0.6) is 0 Å². The highest BCUT2D eigenvalue weighted by atomic mass is 79.9. The van der Waals surface area contributed by atoms with E-state index in [1.807, 2.05) is 31.2 Å². The van der Waals surface area contributed by atoms with Crippen LogP contribution in [-0.2, 0) is 9.59 Å². The van der Waals surface area contributed by atoms with Crippen LogP contribution in [0.4, 0.5) is 5.82 Å². The summed E-state index contributed by atoms with van der Waals surface area (Å²) in [4.78, 5) is 27.1. The average molecular weight is 453 g/mol. The molecule has 0 radical (unpaired) electrons. The van der Waals surface area contributed by atoms with E-state index < -0.39 is 17.7 Å². The van der Waals surface area contributed by atoms with Crippen LogP contribution in [-0.4, -0.2) is 22.0 Å². The van der Waals surface area contributed by atoms with Crippen LogP contribution >= 0.6 is 15.9 Å². The lowest BCUT2D eigenvalue weighted by atomic mass is 9.95. The van der Waals surface area contributed by atoms with E-state index in [1.54, 1.807) is 37.3 Å². The summed E-state index contributed by atoms with van der Waals surface area (Å²) in [7, 11) is 0. The summed E-state index contributed by atoms with van der Waals surface area (Å²) >= 11 is 3.35. The first-order chi connectivity index (χ1) is 13.9. The molecule has 2 aromatic carbocycles. The number of nitrogens with zero attached hydrogens (tertiary/aromatic N) is 2. The maximum atomic E-state index is 13.0. The molecule has 1 fully saturated rings. The van der Waals surface area contributed by atoms with E-state index in [9.17, 15) is 14.7 Å². The number of hydrogen-bond acceptors (Lipinski definition) is 5. The molecule has 7 heteroatoms. The zero-order valence-electron chi connectivity index (χ0n) is 15.7. The number of aromatic nitrogens is 1. The molecular formula is C22H17BrN2O4. The Bertz CT molecular complexity index is 1130. The van der Waals surface area contributed by atoms with Gasteiger partial charge < -0.3 is 9.63 Å². The number of anilines is 1. The van der Waals surface area contributed by atoms with E-state index in [0.717, 1.165) is 10.0 Å². The maximum Gasteiger partial charge on any atom is 0.301 e. The van der Waals surface area contributed by atoms with E-state index in [0.29, 0.717) is 16.9 Å². The van der Waals surface area contributed by atoms with Crippen molar-refractivity contribution < 1.29 is 19.2 Å². The van der Waals surface area contributed by atoms with Crippen LogP contribution < -0.4 is 4.90 Å². The van der Waals surface area contributed by atoms with Crippen LogP contribution in [0.1, 0.15) is 28.5 Å². The quantitative estimate of drug-likeness (QED) is 0.354. The fourth-order valence-corrected chi connectivity index (χ4v) is 3.63. The minimum atomic E-state index is -0.816. The van der Waals surface area contributed by atoms with Crippen molar-refractivity contribution >= 4 is 39.2 Å². The lowest BCUT2D eigenvalue weighted by Crippen LogP contribution is -2.29. The number of hydrogen-bond donors (Lipinski definition) is 1. The highest BCUT2D eigenvalue weighted by Gasteiger charge is 2.48. The highest BCUT2D eigenvalue weighted by molar-refractivity contribution is 9.10. The summed E-state index contributed by atoms with van der Waals surface area (Å²) in [5.41, 5.74) is 2.19. The Morgan fingerprint density at radius 2 is 1.72 bits per heavy atom. The lowest BCUT2D eigenvalue weighted by Gasteiger charge is -2.23. The molecule has 1 saturated heterocycles. The monoisotopic (exact) mass is 452 g/mol. The molecule has 1 N–H and O–H groups in total. The van der Waals surface area contributed by atoms with Gasteiger partial charge in [0.15, 0.2) is 5.82 Å². The molecule has 1 amide bonds. The Labute approximate surface area is 175 Å². The molecule has 6 nitrogen and oxygen atoms in total. The molecule has 2 heterocycles. The number of amides is 1. The van der Waals surface area contributed by atoms with Crippen LogP contribution in [0.2, 0.25) is 0 Å². The number of aryl methyl sites for hydroxylation is 2. The highest BCUT2D eigenvalue weighted by Crippen LogP contribution is 2.41. The second-order valence-corrected chi connectivity index (χ2v) is 7.80. The fourth-order valence-electron chi connectivity index (χ4n) is 3.36.